The largest absolute Gasteiger partial charge is 0.481 e. The van der Waals surface area contributed by atoms with Crippen LogP contribution in [0.25, 0.3) is 0 Å². The first kappa shape index (κ1) is 24.0. The Balaban J connectivity index is 2.31. The van der Waals surface area contributed by atoms with Crippen LogP contribution in [-0.4, -0.2) is 39.5 Å². The Labute approximate surface area is 193 Å². The first-order valence-corrected chi connectivity index (χ1v) is 10.9. The third-order valence-corrected chi connectivity index (χ3v) is 5.94. The van der Waals surface area contributed by atoms with Crippen molar-refractivity contribution in [3.8, 4) is 0 Å². The van der Waals surface area contributed by atoms with E-state index in [-0.39, 0.29) is 12.2 Å². The Morgan fingerprint density at radius 2 is 1.67 bits per heavy atom. The summed E-state index contributed by atoms with van der Waals surface area (Å²) in [5.74, 6) is -3.42. The third kappa shape index (κ3) is 6.63. The van der Waals surface area contributed by atoms with Crippen molar-refractivity contribution in [3.05, 3.63) is 63.7 Å². The van der Waals surface area contributed by atoms with E-state index in [1.54, 1.807) is 24.3 Å². The number of carbonyl (C=O) groups excluding carboxylic acids is 1. The lowest BCUT2D eigenvalue weighted by Gasteiger charge is -2.34. The first-order chi connectivity index (χ1) is 14.3. The highest BCUT2D eigenvalue weighted by atomic mass is 127. The van der Waals surface area contributed by atoms with Crippen LogP contribution in [0.2, 0.25) is 0 Å². The number of hydrogen-bond donors (Lipinski definition) is 5. The zero-order chi connectivity index (χ0) is 22.1. The molecule has 2 aromatic rings. The quantitative estimate of drug-likeness (QED) is 0.169. The van der Waals surface area contributed by atoms with Crippen LogP contribution in [0.3, 0.4) is 0 Å². The number of aliphatic carboxylic acids is 2. The molecule has 0 spiro atoms. The standard InChI is InChI=1S/C21H23IN2O5S/c22-16-8-4-5-9-17(16)23-21(20(28)29,11-10-18(25)26)24-19(27)15(13-30)12-14-6-2-1-3-7-14/h1-9,15,23,30H,10-13H2,(H,24,27)(H,25,26)(H,28,29). The number of rotatable bonds is 11. The number of nitrogens with one attached hydrogen (secondary N) is 2. The molecule has 9 heteroatoms. The molecule has 7 nitrogen and oxygen atoms in total. The molecule has 0 radical (unpaired) electrons. The van der Waals surface area contributed by atoms with Crippen LogP contribution >= 0.6 is 35.2 Å². The monoisotopic (exact) mass is 542 g/mol. The highest BCUT2D eigenvalue weighted by Gasteiger charge is 2.42. The second-order valence-corrected chi connectivity index (χ2v) is 8.29. The van der Waals surface area contributed by atoms with Gasteiger partial charge in [-0.25, -0.2) is 4.79 Å². The van der Waals surface area contributed by atoms with Crippen molar-refractivity contribution >= 4 is 58.8 Å². The lowest BCUT2D eigenvalue weighted by atomic mass is 9.97. The molecule has 0 bridgehead atoms. The van der Waals surface area contributed by atoms with Crippen molar-refractivity contribution in [2.45, 2.75) is 24.9 Å². The van der Waals surface area contributed by atoms with Gasteiger partial charge in [0.05, 0.1) is 5.92 Å². The van der Waals surface area contributed by atoms with Gasteiger partial charge in [0.1, 0.15) is 0 Å². The number of thiol groups is 1. The summed E-state index contributed by atoms with van der Waals surface area (Å²) in [6, 6.07) is 16.3. The summed E-state index contributed by atoms with van der Waals surface area (Å²) in [5.41, 5.74) is -0.574. The number of halogens is 1. The lowest BCUT2D eigenvalue weighted by molar-refractivity contribution is -0.148. The summed E-state index contributed by atoms with van der Waals surface area (Å²) in [5, 5.41) is 24.5. The molecule has 4 N–H and O–H groups in total. The van der Waals surface area contributed by atoms with E-state index in [1.165, 1.54) is 0 Å². The predicted octanol–water partition coefficient (Wildman–Crippen LogP) is 3.25. The maximum absolute atomic E-state index is 13.0. The van der Waals surface area contributed by atoms with Crippen LogP contribution in [0.15, 0.2) is 54.6 Å². The molecular formula is C21H23IN2O5S. The van der Waals surface area contributed by atoms with Crippen molar-refractivity contribution in [1.82, 2.24) is 5.32 Å². The van der Waals surface area contributed by atoms with Gasteiger partial charge in [0.2, 0.25) is 11.6 Å². The highest BCUT2D eigenvalue weighted by molar-refractivity contribution is 14.1. The number of carbonyl (C=O) groups is 3. The Bertz CT molecular complexity index is 896. The zero-order valence-corrected chi connectivity index (χ0v) is 19.1. The molecule has 0 saturated heterocycles. The molecule has 1 amide bonds. The van der Waals surface area contributed by atoms with Crippen LogP contribution in [0.4, 0.5) is 5.69 Å². The molecule has 0 heterocycles. The van der Waals surface area contributed by atoms with Gasteiger partial charge >= 0.3 is 11.9 Å². The Morgan fingerprint density at radius 1 is 1.03 bits per heavy atom. The minimum Gasteiger partial charge on any atom is -0.481 e. The van der Waals surface area contributed by atoms with E-state index in [2.05, 4.69) is 23.3 Å². The van der Waals surface area contributed by atoms with E-state index in [4.69, 9.17) is 5.11 Å². The molecule has 0 saturated carbocycles. The van der Waals surface area contributed by atoms with Crippen LogP contribution in [-0.2, 0) is 20.8 Å². The van der Waals surface area contributed by atoms with Crippen molar-refractivity contribution in [2.24, 2.45) is 5.92 Å². The average Bonchev–Trinajstić information content (AvgIpc) is 2.72. The summed E-state index contributed by atoms with van der Waals surface area (Å²) in [6.45, 7) is 0. The van der Waals surface area contributed by atoms with Gasteiger partial charge < -0.3 is 20.8 Å². The molecule has 2 aromatic carbocycles. The zero-order valence-electron chi connectivity index (χ0n) is 16.0. The number of anilines is 1. The van der Waals surface area contributed by atoms with Crippen molar-refractivity contribution in [2.75, 3.05) is 11.1 Å². The smallest absolute Gasteiger partial charge is 0.350 e. The number of carboxylic acids is 2. The van der Waals surface area contributed by atoms with Gasteiger partial charge in [-0.2, -0.15) is 12.6 Å². The average molecular weight is 542 g/mol. The fourth-order valence-corrected chi connectivity index (χ4v) is 3.73. The van der Waals surface area contributed by atoms with E-state index < -0.39 is 35.8 Å². The topological polar surface area (TPSA) is 116 Å². The van der Waals surface area contributed by atoms with Crippen LogP contribution in [0.5, 0.6) is 0 Å². The summed E-state index contributed by atoms with van der Waals surface area (Å²) < 4.78 is 0.736. The molecule has 0 fully saturated rings. The lowest BCUT2D eigenvalue weighted by Crippen LogP contribution is -2.61. The summed E-state index contributed by atoms with van der Waals surface area (Å²) >= 11 is 6.30. The molecule has 2 atom stereocenters. The van der Waals surface area contributed by atoms with Crippen molar-refractivity contribution < 1.29 is 24.6 Å². The SMILES string of the molecule is O=C(O)CCC(NC(=O)C(CS)Cc1ccccc1)(Nc1ccccc1I)C(=O)O. The number of para-hydroxylation sites is 1. The van der Waals surface area contributed by atoms with Gasteiger partial charge in [-0.3, -0.25) is 9.59 Å². The Kier molecular flexibility index (Phi) is 8.97. The molecule has 0 aliphatic carbocycles. The van der Waals surface area contributed by atoms with Gasteiger partial charge in [-0.05, 0) is 46.7 Å². The van der Waals surface area contributed by atoms with Crippen LogP contribution in [0.1, 0.15) is 18.4 Å². The molecule has 160 valence electrons. The van der Waals surface area contributed by atoms with E-state index >= 15 is 0 Å². The molecule has 30 heavy (non-hydrogen) atoms. The summed E-state index contributed by atoms with van der Waals surface area (Å²) in [4.78, 5) is 36.4. The van der Waals surface area contributed by atoms with E-state index in [9.17, 15) is 19.5 Å². The van der Waals surface area contributed by atoms with Gasteiger partial charge in [0, 0.05) is 27.9 Å². The number of amides is 1. The highest BCUT2D eigenvalue weighted by Crippen LogP contribution is 2.25. The predicted molar refractivity (Wildman–Crippen MR) is 126 cm³/mol. The van der Waals surface area contributed by atoms with E-state index in [0.29, 0.717) is 12.1 Å². The molecule has 0 aromatic heterocycles. The van der Waals surface area contributed by atoms with Crippen LogP contribution in [0, 0.1) is 9.49 Å². The second kappa shape index (κ2) is 11.2. The van der Waals surface area contributed by atoms with E-state index in [1.807, 2.05) is 52.9 Å². The minimum absolute atomic E-state index is 0.207. The number of hydrogen-bond acceptors (Lipinski definition) is 5. The van der Waals surface area contributed by atoms with Gasteiger partial charge in [0.25, 0.3) is 0 Å². The first-order valence-electron chi connectivity index (χ1n) is 9.22. The molecule has 2 unspecified atom stereocenters. The maximum Gasteiger partial charge on any atom is 0.350 e. The normalized spacial score (nSPS) is 13.7. The molecule has 2 rings (SSSR count). The fourth-order valence-electron chi connectivity index (χ4n) is 2.91. The van der Waals surface area contributed by atoms with Gasteiger partial charge in [0.15, 0.2) is 0 Å². The third-order valence-electron chi connectivity index (χ3n) is 4.55. The van der Waals surface area contributed by atoms with Crippen LogP contribution < -0.4 is 10.6 Å². The van der Waals surface area contributed by atoms with E-state index in [0.717, 1.165) is 9.13 Å². The molecule has 0 aliphatic heterocycles. The molecule has 0 aliphatic rings. The summed E-state index contributed by atoms with van der Waals surface area (Å²) in [6.07, 6.45) is -0.389. The van der Waals surface area contributed by atoms with Gasteiger partial charge in [-0.15, -0.1) is 0 Å². The number of carboxylic acid groups (broad SMARTS) is 2. The van der Waals surface area contributed by atoms with Crippen molar-refractivity contribution in [1.29, 1.82) is 0 Å². The fraction of sp³-hybridized carbons (Fsp3) is 0.286. The Morgan fingerprint density at radius 3 is 2.23 bits per heavy atom. The second-order valence-electron chi connectivity index (χ2n) is 6.77. The number of benzene rings is 2. The van der Waals surface area contributed by atoms with Crippen molar-refractivity contribution in [3.63, 3.8) is 0 Å². The molecular weight excluding hydrogens is 519 g/mol. The minimum atomic E-state index is -1.98. The maximum atomic E-state index is 13.0. The van der Waals surface area contributed by atoms with Gasteiger partial charge in [-0.1, -0.05) is 42.5 Å². The Hall–Kier alpha value is -2.27. The summed E-state index contributed by atoms with van der Waals surface area (Å²) in [7, 11) is 0.